The molecule has 0 amide bonds. The van der Waals surface area contributed by atoms with Crippen molar-refractivity contribution < 1.29 is 9.67 Å². The summed E-state index contributed by atoms with van der Waals surface area (Å²) < 4.78 is 13.5. The maximum Gasteiger partial charge on any atom is 0.184 e. The van der Waals surface area contributed by atoms with Crippen molar-refractivity contribution in [3.63, 3.8) is 0 Å². The molecule has 0 aliphatic heterocycles. The van der Waals surface area contributed by atoms with Crippen molar-refractivity contribution in [3.8, 4) is 6.07 Å². The maximum absolute atomic E-state index is 13.5. The molecule has 0 radical (unpaired) electrons. The molecular weight excluding hydrogens is 269 g/mol. The van der Waals surface area contributed by atoms with Crippen LogP contribution in [0.5, 0.6) is 0 Å². The van der Waals surface area contributed by atoms with Gasteiger partial charge in [0.1, 0.15) is 17.1 Å². The third-order valence-electron chi connectivity index (χ3n) is 3.00. The topological polar surface area (TPSA) is 61.1 Å². The predicted molar refractivity (Wildman–Crippen MR) is 80.7 cm³/mol. The Morgan fingerprint density at radius 2 is 1.40 bits per heavy atom. The molecule has 0 unspecified atom stereocenters. The van der Waals surface area contributed by atoms with Crippen LogP contribution in [-0.4, -0.2) is 5.11 Å². The Kier molecular flexibility index (Phi) is 4.08. The number of nitrogens with zero attached hydrogens (tertiary/aromatic N) is 1. The standard InChI is InChI=1S/C16H14NO2P/c1-13(18)16(12-17)20(19,14-8-4-2-5-9-14)15-10-6-3-7-11-15/h2-11,18H,1H3/b16-13-. The lowest BCUT2D eigenvalue weighted by atomic mass is 10.4. The van der Waals surface area contributed by atoms with E-state index in [-0.39, 0.29) is 11.1 Å². The van der Waals surface area contributed by atoms with Crippen LogP contribution in [0.15, 0.2) is 71.7 Å². The number of aliphatic hydroxyl groups is 1. The van der Waals surface area contributed by atoms with Gasteiger partial charge in [0, 0.05) is 10.6 Å². The van der Waals surface area contributed by atoms with Crippen molar-refractivity contribution in [2.24, 2.45) is 0 Å². The van der Waals surface area contributed by atoms with Gasteiger partial charge in [-0.3, -0.25) is 0 Å². The number of rotatable bonds is 3. The van der Waals surface area contributed by atoms with E-state index >= 15 is 0 Å². The Labute approximate surface area is 118 Å². The highest BCUT2D eigenvalue weighted by molar-refractivity contribution is 7.82. The Morgan fingerprint density at radius 3 is 1.70 bits per heavy atom. The highest BCUT2D eigenvalue weighted by atomic mass is 31.2. The van der Waals surface area contributed by atoms with Crippen molar-refractivity contribution in [2.45, 2.75) is 6.92 Å². The average Bonchev–Trinajstić information content (AvgIpc) is 2.49. The molecule has 3 nitrogen and oxygen atoms in total. The van der Waals surface area contributed by atoms with E-state index in [2.05, 4.69) is 0 Å². The quantitative estimate of drug-likeness (QED) is 0.534. The molecule has 0 fully saturated rings. The Morgan fingerprint density at radius 1 is 1.00 bits per heavy atom. The summed E-state index contributed by atoms with van der Waals surface area (Å²) in [5.41, 5.74) is 0. The first-order valence-corrected chi connectivity index (χ1v) is 7.83. The van der Waals surface area contributed by atoms with Crippen LogP contribution in [0, 0.1) is 11.3 Å². The normalized spacial score (nSPS) is 12.4. The molecule has 0 aliphatic carbocycles. The molecular formula is C16H14NO2P. The van der Waals surface area contributed by atoms with Crippen LogP contribution in [0.25, 0.3) is 0 Å². The molecule has 100 valence electrons. The van der Waals surface area contributed by atoms with Crippen molar-refractivity contribution in [3.05, 3.63) is 71.7 Å². The number of aliphatic hydroxyl groups excluding tert-OH is 1. The van der Waals surface area contributed by atoms with Crippen LogP contribution in [0.2, 0.25) is 0 Å². The van der Waals surface area contributed by atoms with E-state index in [4.69, 9.17) is 0 Å². The summed E-state index contributed by atoms with van der Waals surface area (Å²) in [5, 5.41) is 20.1. The SMILES string of the molecule is C/C(O)=C(\C#N)P(=O)(c1ccccc1)c1ccccc1. The summed E-state index contributed by atoms with van der Waals surface area (Å²) in [7, 11) is -3.32. The average molecular weight is 283 g/mol. The van der Waals surface area contributed by atoms with E-state index in [0.29, 0.717) is 10.6 Å². The van der Waals surface area contributed by atoms with E-state index in [9.17, 15) is 14.9 Å². The summed E-state index contributed by atoms with van der Waals surface area (Å²) in [6.45, 7) is 1.39. The number of nitriles is 1. The summed E-state index contributed by atoms with van der Waals surface area (Å²) in [4.78, 5) is 0. The van der Waals surface area contributed by atoms with Crippen LogP contribution in [0.3, 0.4) is 0 Å². The molecule has 2 rings (SSSR count). The summed E-state index contributed by atoms with van der Waals surface area (Å²) in [6.07, 6.45) is 0. The zero-order valence-corrected chi connectivity index (χ0v) is 11.9. The van der Waals surface area contributed by atoms with Crippen LogP contribution >= 0.6 is 7.14 Å². The summed E-state index contributed by atoms with van der Waals surface area (Å²) >= 11 is 0. The monoisotopic (exact) mass is 283 g/mol. The summed E-state index contributed by atoms with van der Waals surface area (Å²) in [5.74, 6) is -0.205. The molecule has 0 aromatic heterocycles. The molecule has 0 saturated heterocycles. The van der Waals surface area contributed by atoms with Crippen molar-refractivity contribution in [1.29, 1.82) is 5.26 Å². The summed E-state index contributed by atoms with van der Waals surface area (Å²) in [6, 6.07) is 19.5. The third kappa shape index (κ3) is 2.39. The lowest BCUT2D eigenvalue weighted by Crippen LogP contribution is -2.17. The number of hydrogen-bond acceptors (Lipinski definition) is 3. The zero-order chi connectivity index (χ0) is 14.6. The third-order valence-corrected chi connectivity index (χ3v) is 6.11. The van der Waals surface area contributed by atoms with Crippen molar-refractivity contribution >= 4 is 17.8 Å². The van der Waals surface area contributed by atoms with E-state index in [0.717, 1.165) is 0 Å². The Bertz CT molecular complexity index is 668. The van der Waals surface area contributed by atoms with E-state index < -0.39 is 7.14 Å². The lowest BCUT2D eigenvalue weighted by Gasteiger charge is -2.18. The minimum atomic E-state index is -3.32. The molecule has 2 aromatic rings. The van der Waals surface area contributed by atoms with Crippen molar-refractivity contribution in [1.82, 2.24) is 0 Å². The highest BCUT2D eigenvalue weighted by Crippen LogP contribution is 2.52. The van der Waals surface area contributed by atoms with Crippen LogP contribution < -0.4 is 10.6 Å². The molecule has 20 heavy (non-hydrogen) atoms. The smallest absolute Gasteiger partial charge is 0.184 e. The first-order chi connectivity index (χ1) is 9.60. The second kappa shape index (κ2) is 5.77. The molecule has 0 bridgehead atoms. The number of allylic oxidation sites excluding steroid dienone is 2. The highest BCUT2D eigenvalue weighted by Gasteiger charge is 2.33. The van der Waals surface area contributed by atoms with Gasteiger partial charge in [0.2, 0.25) is 0 Å². The second-order valence-corrected chi connectivity index (χ2v) is 7.02. The minimum Gasteiger partial charge on any atom is -0.511 e. The fourth-order valence-electron chi connectivity index (χ4n) is 2.06. The molecule has 0 spiro atoms. The van der Waals surface area contributed by atoms with E-state index in [1.165, 1.54) is 6.92 Å². The van der Waals surface area contributed by atoms with Gasteiger partial charge in [0.05, 0.1) is 0 Å². The van der Waals surface area contributed by atoms with Gasteiger partial charge < -0.3 is 9.67 Å². The van der Waals surface area contributed by atoms with Crippen molar-refractivity contribution in [2.75, 3.05) is 0 Å². The number of benzene rings is 2. The van der Waals surface area contributed by atoms with Crippen LogP contribution in [0.4, 0.5) is 0 Å². The van der Waals surface area contributed by atoms with Gasteiger partial charge in [-0.2, -0.15) is 5.26 Å². The Balaban J connectivity index is 2.79. The van der Waals surface area contributed by atoms with Gasteiger partial charge in [0.15, 0.2) is 7.14 Å². The molecule has 0 heterocycles. The Hall–Kier alpha value is -2.30. The molecule has 0 aliphatic rings. The van der Waals surface area contributed by atoms with Gasteiger partial charge in [0.25, 0.3) is 0 Å². The van der Waals surface area contributed by atoms with Gasteiger partial charge in [-0.05, 0) is 6.92 Å². The minimum absolute atomic E-state index is 0.0742. The molecule has 1 N–H and O–H groups in total. The maximum atomic E-state index is 13.5. The van der Waals surface area contributed by atoms with Gasteiger partial charge in [-0.1, -0.05) is 60.7 Å². The van der Waals surface area contributed by atoms with E-state index in [1.807, 2.05) is 18.2 Å². The molecule has 4 heteroatoms. The predicted octanol–water partition coefficient (Wildman–Crippen LogP) is 3.31. The largest absolute Gasteiger partial charge is 0.511 e. The first-order valence-electron chi connectivity index (χ1n) is 6.12. The second-order valence-electron chi connectivity index (χ2n) is 4.33. The number of hydrogen-bond donors (Lipinski definition) is 1. The lowest BCUT2D eigenvalue weighted by molar-refractivity contribution is 0.412. The fraction of sp³-hybridized carbons (Fsp3) is 0.0625. The van der Waals surface area contributed by atoms with Crippen LogP contribution in [-0.2, 0) is 4.57 Å². The van der Waals surface area contributed by atoms with Gasteiger partial charge >= 0.3 is 0 Å². The van der Waals surface area contributed by atoms with E-state index in [1.54, 1.807) is 48.5 Å². The molecule has 0 saturated carbocycles. The molecule has 2 aromatic carbocycles. The van der Waals surface area contributed by atoms with Gasteiger partial charge in [-0.25, -0.2) is 0 Å². The fourth-order valence-corrected chi connectivity index (χ4v) is 4.66. The van der Waals surface area contributed by atoms with Crippen LogP contribution in [0.1, 0.15) is 6.92 Å². The molecule has 0 atom stereocenters. The zero-order valence-electron chi connectivity index (χ0n) is 11.0. The first kappa shape index (κ1) is 14.1. The van der Waals surface area contributed by atoms with Gasteiger partial charge in [-0.15, -0.1) is 0 Å².